The van der Waals surface area contributed by atoms with E-state index in [0.29, 0.717) is 22.1 Å². The maximum atomic E-state index is 12.7. The summed E-state index contributed by atoms with van der Waals surface area (Å²) in [5, 5.41) is 10.6. The van der Waals surface area contributed by atoms with Crippen molar-refractivity contribution in [3.8, 4) is 0 Å². The molecule has 11 heteroatoms. The molecule has 0 aliphatic heterocycles. The molecule has 0 aliphatic rings. The molecule has 2 aromatic heterocycles. The predicted octanol–water partition coefficient (Wildman–Crippen LogP) is 4.35. The van der Waals surface area contributed by atoms with Crippen molar-refractivity contribution in [3.63, 3.8) is 0 Å². The van der Waals surface area contributed by atoms with E-state index in [-0.39, 0.29) is 11.5 Å². The minimum Gasteiger partial charge on any atom is -0.303 e. The summed E-state index contributed by atoms with van der Waals surface area (Å²) < 4.78 is 41.1. The number of aryl methyl sites for hydroxylation is 1. The van der Waals surface area contributed by atoms with Crippen molar-refractivity contribution in [1.29, 1.82) is 0 Å². The number of halogens is 5. The number of amides is 1. The molecule has 0 bridgehead atoms. The topological polar surface area (TPSA) is 64.7 Å². The van der Waals surface area contributed by atoms with Crippen molar-refractivity contribution in [3.05, 3.63) is 63.0 Å². The van der Waals surface area contributed by atoms with Gasteiger partial charge in [-0.3, -0.25) is 14.2 Å². The van der Waals surface area contributed by atoms with Gasteiger partial charge in [0.1, 0.15) is 5.69 Å². The first-order valence-electron chi connectivity index (χ1n) is 7.53. The molecule has 142 valence electrons. The van der Waals surface area contributed by atoms with Crippen LogP contribution < -0.4 is 5.32 Å². The molecule has 27 heavy (non-hydrogen) atoms. The number of carbonyl (C=O) groups is 1. The number of alkyl halides is 3. The third-order valence-electron chi connectivity index (χ3n) is 3.61. The SMILES string of the molecule is Cn1nc(C(F)(F)F)cc1C(=O)Nc1nn(Cc2ccc(Cl)cc2)cc1Br. The summed E-state index contributed by atoms with van der Waals surface area (Å²) in [5.74, 6) is -0.568. The minimum atomic E-state index is -4.63. The Hall–Kier alpha value is -2.33. The fourth-order valence-electron chi connectivity index (χ4n) is 2.33. The molecule has 0 fully saturated rings. The van der Waals surface area contributed by atoms with E-state index in [1.165, 1.54) is 7.05 Å². The van der Waals surface area contributed by atoms with E-state index in [4.69, 9.17) is 11.6 Å². The number of nitrogens with one attached hydrogen (secondary N) is 1. The molecule has 6 nitrogen and oxygen atoms in total. The lowest BCUT2D eigenvalue weighted by Gasteiger charge is -2.03. The molecule has 0 spiro atoms. The summed E-state index contributed by atoms with van der Waals surface area (Å²) in [4.78, 5) is 12.3. The molecule has 0 saturated heterocycles. The molecule has 3 aromatic rings. The monoisotopic (exact) mass is 461 g/mol. The lowest BCUT2D eigenvalue weighted by atomic mass is 10.2. The quantitative estimate of drug-likeness (QED) is 0.627. The van der Waals surface area contributed by atoms with Crippen molar-refractivity contribution < 1.29 is 18.0 Å². The first-order valence-corrected chi connectivity index (χ1v) is 8.70. The van der Waals surface area contributed by atoms with E-state index in [1.54, 1.807) is 23.0 Å². The predicted molar refractivity (Wildman–Crippen MR) is 96.6 cm³/mol. The van der Waals surface area contributed by atoms with E-state index in [0.717, 1.165) is 10.2 Å². The second-order valence-corrected chi connectivity index (χ2v) is 6.93. The van der Waals surface area contributed by atoms with Crippen LogP contribution in [0.2, 0.25) is 5.02 Å². The Morgan fingerprint density at radius 1 is 1.26 bits per heavy atom. The zero-order chi connectivity index (χ0) is 19.8. The molecule has 0 atom stereocenters. The van der Waals surface area contributed by atoms with E-state index in [2.05, 4.69) is 31.4 Å². The average Bonchev–Trinajstić information content (AvgIpc) is 3.12. The van der Waals surface area contributed by atoms with Gasteiger partial charge in [-0.2, -0.15) is 23.4 Å². The van der Waals surface area contributed by atoms with Gasteiger partial charge < -0.3 is 5.32 Å². The molecule has 0 aliphatic carbocycles. The van der Waals surface area contributed by atoms with Crippen LogP contribution in [0.25, 0.3) is 0 Å². The van der Waals surface area contributed by atoms with Gasteiger partial charge in [-0.15, -0.1) is 0 Å². The Morgan fingerprint density at radius 3 is 2.52 bits per heavy atom. The van der Waals surface area contributed by atoms with Crippen LogP contribution in [0.1, 0.15) is 21.7 Å². The molecule has 2 heterocycles. The maximum Gasteiger partial charge on any atom is 0.435 e. The zero-order valence-corrected chi connectivity index (χ0v) is 16.1. The Kier molecular flexibility index (Phi) is 5.29. The fraction of sp³-hybridized carbons (Fsp3) is 0.188. The first-order chi connectivity index (χ1) is 12.6. The van der Waals surface area contributed by atoms with Crippen LogP contribution in [0, 0.1) is 0 Å². The summed E-state index contributed by atoms with van der Waals surface area (Å²) in [5.41, 5.74) is -0.433. The van der Waals surface area contributed by atoms with Gasteiger partial charge in [-0.1, -0.05) is 23.7 Å². The molecular weight excluding hydrogens is 451 g/mol. The number of aromatic nitrogens is 4. The Labute approximate surface area is 165 Å². The second kappa shape index (κ2) is 7.35. The second-order valence-electron chi connectivity index (χ2n) is 5.64. The van der Waals surface area contributed by atoms with Crippen molar-refractivity contribution >= 4 is 39.3 Å². The van der Waals surface area contributed by atoms with E-state index in [1.807, 2.05) is 12.1 Å². The number of anilines is 1. The molecule has 0 unspecified atom stereocenters. The highest BCUT2D eigenvalue weighted by atomic mass is 79.9. The van der Waals surface area contributed by atoms with Crippen LogP contribution >= 0.6 is 27.5 Å². The third kappa shape index (κ3) is 4.51. The number of rotatable bonds is 4. The van der Waals surface area contributed by atoms with Crippen LogP contribution in [-0.2, 0) is 19.8 Å². The van der Waals surface area contributed by atoms with Gasteiger partial charge in [0, 0.05) is 24.3 Å². The van der Waals surface area contributed by atoms with Gasteiger partial charge >= 0.3 is 6.18 Å². The molecule has 1 aromatic carbocycles. The van der Waals surface area contributed by atoms with Gasteiger partial charge in [0.15, 0.2) is 11.5 Å². The minimum absolute atomic E-state index is 0.184. The summed E-state index contributed by atoms with van der Waals surface area (Å²) in [6, 6.07) is 7.86. The summed E-state index contributed by atoms with van der Waals surface area (Å²) in [7, 11) is 1.26. The summed E-state index contributed by atoms with van der Waals surface area (Å²) in [6.45, 7) is 0.426. The van der Waals surface area contributed by atoms with Gasteiger partial charge in [0.05, 0.1) is 11.0 Å². The molecule has 1 N–H and O–H groups in total. The Morgan fingerprint density at radius 2 is 1.93 bits per heavy atom. The third-order valence-corrected chi connectivity index (χ3v) is 4.44. The van der Waals surface area contributed by atoms with E-state index < -0.39 is 17.8 Å². The van der Waals surface area contributed by atoms with Crippen LogP contribution in [0.15, 0.2) is 41.0 Å². The summed E-state index contributed by atoms with van der Waals surface area (Å²) in [6.07, 6.45) is -2.98. The smallest absolute Gasteiger partial charge is 0.303 e. The average molecular weight is 463 g/mol. The molecule has 0 saturated carbocycles. The highest BCUT2D eigenvalue weighted by Crippen LogP contribution is 2.29. The van der Waals surface area contributed by atoms with Crippen LogP contribution in [-0.4, -0.2) is 25.5 Å². The number of hydrogen-bond acceptors (Lipinski definition) is 3. The van der Waals surface area contributed by atoms with Crippen LogP contribution in [0.3, 0.4) is 0 Å². The molecule has 3 rings (SSSR count). The number of nitrogens with zero attached hydrogens (tertiary/aromatic N) is 4. The highest BCUT2D eigenvalue weighted by Gasteiger charge is 2.35. The Balaban J connectivity index is 1.76. The lowest BCUT2D eigenvalue weighted by molar-refractivity contribution is -0.141. The lowest BCUT2D eigenvalue weighted by Crippen LogP contribution is -2.17. The van der Waals surface area contributed by atoms with Gasteiger partial charge in [0.2, 0.25) is 0 Å². The molecule has 1 amide bonds. The molecule has 0 radical (unpaired) electrons. The highest BCUT2D eigenvalue weighted by molar-refractivity contribution is 9.10. The Bertz CT molecular complexity index is 981. The molecular formula is C16H12BrClF3N5O. The van der Waals surface area contributed by atoms with E-state index >= 15 is 0 Å². The maximum absolute atomic E-state index is 12.7. The van der Waals surface area contributed by atoms with Gasteiger partial charge in [-0.25, -0.2) is 0 Å². The summed E-state index contributed by atoms with van der Waals surface area (Å²) >= 11 is 9.12. The van der Waals surface area contributed by atoms with Crippen molar-refractivity contribution in [2.24, 2.45) is 7.05 Å². The largest absolute Gasteiger partial charge is 0.435 e. The van der Waals surface area contributed by atoms with Crippen LogP contribution in [0.4, 0.5) is 19.0 Å². The standard InChI is InChI=1S/C16H12BrClF3N5O/c1-25-12(6-13(23-25)16(19,20)21)15(27)22-14-11(17)8-26(24-14)7-9-2-4-10(18)5-3-9/h2-6,8H,7H2,1H3,(H,22,24,27). The fourth-order valence-corrected chi connectivity index (χ4v) is 2.87. The number of benzene rings is 1. The van der Waals surface area contributed by atoms with Crippen molar-refractivity contribution in [2.75, 3.05) is 5.32 Å². The zero-order valence-electron chi connectivity index (χ0n) is 13.8. The van der Waals surface area contributed by atoms with Crippen molar-refractivity contribution in [2.45, 2.75) is 12.7 Å². The first kappa shape index (κ1) is 19.4. The number of hydrogen-bond donors (Lipinski definition) is 1. The van der Waals surface area contributed by atoms with Gasteiger partial charge in [0.25, 0.3) is 5.91 Å². The number of carbonyl (C=O) groups excluding carboxylic acids is 1. The van der Waals surface area contributed by atoms with Crippen molar-refractivity contribution in [1.82, 2.24) is 19.6 Å². The van der Waals surface area contributed by atoms with E-state index in [9.17, 15) is 18.0 Å². The van der Waals surface area contributed by atoms with Gasteiger partial charge in [-0.05, 0) is 33.6 Å². The van der Waals surface area contributed by atoms with Crippen LogP contribution in [0.5, 0.6) is 0 Å². The normalized spacial score (nSPS) is 11.6.